The maximum Gasteiger partial charge on any atom is 0.230 e. The zero-order valence-corrected chi connectivity index (χ0v) is 13.2. The average molecular weight is 304 g/mol. The van der Waals surface area contributed by atoms with E-state index in [2.05, 4.69) is 28.7 Å². The second-order valence-electron chi connectivity index (χ2n) is 6.06. The van der Waals surface area contributed by atoms with Crippen molar-refractivity contribution >= 4 is 11.9 Å². The van der Waals surface area contributed by atoms with Crippen molar-refractivity contribution in [2.24, 2.45) is 11.0 Å². The van der Waals surface area contributed by atoms with Gasteiger partial charge in [-0.1, -0.05) is 11.6 Å². The van der Waals surface area contributed by atoms with Gasteiger partial charge in [0.15, 0.2) is 0 Å². The summed E-state index contributed by atoms with van der Waals surface area (Å²) in [5.74, 6) is 0.0315. The van der Waals surface area contributed by atoms with E-state index in [1.165, 1.54) is 12.1 Å². The molecule has 1 atom stereocenters. The van der Waals surface area contributed by atoms with Gasteiger partial charge in [0, 0.05) is 12.1 Å². The Bertz CT molecular complexity index is 578. The number of rotatable bonds is 6. The first-order valence-corrected chi connectivity index (χ1v) is 7.91. The summed E-state index contributed by atoms with van der Waals surface area (Å²) in [6.45, 7) is 5.59. The third-order valence-electron chi connectivity index (χ3n) is 4.19. The SMILES string of the molecule is CCCN(C)CC1C=N[N+](C2COC2)=C1c1ccc(F)cc1. The molecule has 2 aliphatic heterocycles. The van der Waals surface area contributed by atoms with Crippen molar-refractivity contribution in [2.45, 2.75) is 19.4 Å². The van der Waals surface area contributed by atoms with Gasteiger partial charge in [-0.05, 0) is 49.4 Å². The van der Waals surface area contributed by atoms with Crippen LogP contribution in [0.4, 0.5) is 4.39 Å². The highest BCUT2D eigenvalue weighted by Crippen LogP contribution is 2.20. The fourth-order valence-electron chi connectivity index (χ4n) is 3.02. The molecule has 0 saturated carbocycles. The molecule has 0 radical (unpaired) electrons. The van der Waals surface area contributed by atoms with Crippen LogP contribution in [0.1, 0.15) is 18.9 Å². The van der Waals surface area contributed by atoms with Crippen molar-refractivity contribution in [1.82, 2.24) is 4.90 Å². The third-order valence-corrected chi connectivity index (χ3v) is 4.19. The molecular formula is C17H23FN3O+. The Balaban J connectivity index is 1.88. The van der Waals surface area contributed by atoms with Crippen LogP contribution in [0, 0.1) is 11.7 Å². The number of ether oxygens (including phenoxy) is 1. The van der Waals surface area contributed by atoms with Gasteiger partial charge in [0.25, 0.3) is 0 Å². The summed E-state index contributed by atoms with van der Waals surface area (Å²) in [5, 5.41) is 4.60. The first-order valence-electron chi connectivity index (χ1n) is 7.91. The summed E-state index contributed by atoms with van der Waals surface area (Å²) in [6, 6.07) is 7.03. The average Bonchev–Trinajstić information content (AvgIpc) is 2.81. The van der Waals surface area contributed by atoms with E-state index in [1.54, 1.807) is 0 Å². The maximum absolute atomic E-state index is 13.2. The van der Waals surface area contributed by atoms with E-state index >= 15 is 0 Å². The molecule has 0 spiro atoms. The zero-order valence-electron chi connectivity index (χ0n) is 13.2. The molecule has 1 aromatic carbocycles. The standard InChI is InChI=1S/C17H23FN3O/c1-3-8-20(2)10-14-9-19-21(16-11-22-12-16)17(14)13-4-6-15(18)7-5-13/h4-7,9,14,16H,3,8,10-12H2,1-2H3/q+1. The van der Waals surface area contributed by atoms with Crippen LogP contribution in [-0.4, -0.2) is 60.9 Å². The molecule has 1 aromatic rings. The molecule has 2 aliphatic rings. The Kier molecular flexibility index (Phi) is 4.64. The maximum atomic E-state index is 13.2. The van der Waals surface area contributed by atoms with Gasteiger partial charge >= 0.3 is 0 Å². The lowest BCUT2D eigenvalue weighted by atomic mass is 9.96. The molecule has 118 valence electrons. The van der Waals surface area contributed by atoms with Gasteiger partial charge in [-0.2, -0.15) is 0 Å². The van der Waals surface area contributed by atoms with Crippen LogP contribution < -0.4 is 0 Å². The van der Waals surface area contributed by atoms with E-state index < -0.39 is 0 Å². The van der Waals surface area contributed by atoms with Gasteiger partial charge < -0.3 is 9.64 Å². The summed E-state index contributed by atoms with van der Waals surface area (Å²) in [5.41, 5.74) is 2.21. The molecular weight excluding hydrogens is 281 g/mol. The van der Waals surface area contributed by atoms with Crippen LogP contribution in [0.2, 0.25) is 0 Å². The van der Waals surface area contributed by atoms with Crippen LogP contribution in [0.15, 0.2) is 29.4 Å². The molecule has 1 unspecified atom stereocenters. The molecule has 0 bridgehead atoms. The van der Waals surface area contributed by atoms with Crippen molar-refractivity contribution in [3.05, 3.63) is 35.6 Å². The lowest BCUT2D eigenvalue weighted by Gasteiger charge is -2.22. The van der Waals surface area contributed by atoms with Gasteiger partial charge in [-0.25, -0.2) is 4.39 Å². The molecule has 1 saturated heterocycles. The van der Waals surface area contributed by atoms with E-state index in [-0.39, 0.29) is 11.7 Å². The molecule has 3 rings (SSSR count). The first-order chi connectivity index (χ1) is 10.7. The summed E-state index contributed by atoms with van der Waals surface area (Å²) >= 11 is 0. The number of benzene rings is 1. The Hall–Kier alpha value is -1.59. The van der Waals surface area contributed by atoms with E-state index in [4.69, 9.17) is 4.74 Å². The van der Waals surface area contributed by atoms with Crippen molar-refractivity contribution < 1.29 is 13.8 Å². The van der Waals surface area contributed by atoms with Gasteiger partial charge in [0.1, 0.15) is 24.9 Å². The van der Waals surface area contributed by atoms with Crippen molar-refractivity contribution in [1.29, 1.82) is 0 Å². The number of nitrogens with zero attached hydrogens (tertiary/aromatic N) is 3. The fourth-order valence-corrected chi connectivity index (χ4v) is 3.02. The molecule has 0 aromatic heterocycles. The Labute approximate surface area is 130 Å². The van der Waals surface area contributed by atoms with Gasteiger partial charge in [-0.3, -0.25) is 0 Å². The molecule has 2 heterocycles. The Morgan fingerprint density at radius 1 is 1.32 bits per heavy atom. The summed E-state index contributed by atoms with van der Waals surface area (Å²) in [4.78, 5) is 2.32. The van der Waals surface area contributed by atoms with Crippen LogP contribution in [0.25, 0.3) is 0 Å². The number of hydrogen-bond acceptors (Lipinski definition) is 3. The quantitative estimate of drug-likeness (QED) is 0.752. The summed E-state index contributed by atoms with van der Waals surface area (Å²) in [7, 11) is 2.13. The molecule has 5 heteroatoms. The van der Waals surface area contributed by atoms with Gasteiger partial charge in [-0.15, -0.1) is 0 Å². The topological polar surface area (TPSA) is 27.8 Å². The van der Waals surface area contributed by atoms with E-state index in [0.717, 1.165) is 30.8 Å². The highest BCUT2D eigenvalue weighted by atomic mass is 19.1. The van der Waals surface area contributed by atoms with Crippen molar-refractivity contribution in [3.8, 4) is 0 Å². The minimum atomic E-state index is -0.207. The monoisotopic (exact) mass is 304 g/mol. The van der Waals surface area contributed by atoms with Crippen LogP contribution in [0.5, 0.6) is 0 Å². The molecule has 4 nitrogen and oxygen atoms in total. The normalized spacial score (nSPS) is 21.7. The lowest BCUT2D eigenvalue weighted by Crippen LogP contribution is -2.44. The molecule has 0 amide bonds. The second-order valence-corrected chi connectivity index (χ2v) is 6.06. The Morgan fingerprint density at radius 2 is 2.05 bits per heavy atom. The minimum Gasteiger partial charge on any atom is -0.367 e. The second kappa shape index (κ2) is 6.67. The number of hydrazone groups is 1. The van der Waals surface area contributed by atoms with Gasteiger partial charge in [0.2, 0.25) is 11.8 Å². The zero-order chi connectivity index (χ0) is 15.5. The van der Waals surface area contributed by atoms with Gasteiger partial charge in [0.05, 0.1) is 6.21 Å². The largest absolute Gasteiger partial charge is 0.367 e. The molecule has 1 fully saturated rings. The highest BCUT2D eigenvalue weighted by molar-refractivity contribution is 6.08. The minimum absolute atomic E-state index is 0.207. The summed E-state index contributed by atoms with van der Waals surface area (Å²) in [6.07, 6.45) is 3.15. The van der Waals surface area contributed by atoms with Crippen molar-refractivity contribution in [3.63, 3.8) is 0 Å². The molecule has 22 heavy (non-hydrogen) atoms. The van der Waals surface area contributed by atoms with Crippen LogP contribution >= 0.6 is 0 Å². The third kappa shape index (κ3) is 3.10. The van der Waals surface area contributed by atoms with Crippen LogP contribution in [-0.2, 0) is 4.74 Å². The summed E-state index contributed by atoms with van der Waals surface area (Å²) < 4.78 is 20.6. The lowest BCUT2D eigenvalue weighted by molar-refractivity contribution is -0.594. The Morgan fingerprint density at radius 3 is 2.64 bits per heavy atom. The molecule has 0 aliphatic carbocycles. The smallest absolute Gasteiger partial charge is 0.230 e. The highest BCUT2D eigenvalue weighted by Gasteiger charge is 2.40. The number of halogens is 1. The van der Waals surface area contributed by atoms with E-state index in [1.807, 2.05) is 18.3 Å². The van der Waals surface area contributed by atoms with E-state index in [0.29, 0.717) is 19.3 Å². The number of hydrogen-bond donors (Lipinski definition) is 0. The predicted octanol–water partition coefficient (Wildman–Crippen LogP) is 1.98. The fraction of sp³-hybridized carbons (Fsp3) is 0.529. The molecule has 0 N–H and O–H groups in total. The van der Waals surface area contributed by atoms with Crippen molar-refractivity contribution in [2.75, 3.05) is 33.4 Å². The van der Waals surface area contributed by atoms with Crippen LogP contribution in [0.3, 0.4) is 0 Å². The van der Waals surface area contributed by atoms with E-state index in [9.17, 15) is 4.39 Å². The predicted molar refractivity (Wildman–Crippen MR) is 85.1 cm³/mol. The first kappa shape index (κ1) is 15.3.